The zero-order valence-electron chi connectivity index (χ0n) is 9.37. The predicted octanol–water partition coefficient (Wildman–Crippen LogP) is 3.75. The molecule has 0 aliphatic heterocycles. The standard InChI is InChI=1S/C13H12BrNOS/c1-9-7-17-8-11(9)13(16)15-6-10-4-2-3-5-12(10)14/h2-5,7-8H,6H2,1H3,(H,15,16). The Labute approximate surface area is 113 Å². The van der Waals surface area contributed by atoms with E-state index in [-0.39, 0.29) is 5.91 Å². The average molecular weight is 310 g/mol. The molecule has 2 rings (SSSR count). The van der Waals surface area contributed by atoms with Crippen LogP contribution in [0.2, 0.25) is 0 Å². The first-order chi connectivity index (χ1) is 8.18. The van der Waals surface area contributed by atoms with Gasteiger partial charge in [-0.25, -0.2) is 0 Å². The number of carbonyl (C=O) groups is 1. The van der Waals surface area contributed by atoms with Crippen molar-refractivity contribution in [3.63, 3.8) is 0 Å². The molecule has 1 aromatic carbocycles. The van der Waals surface area contributed by atoms with Crippen molar-refractivity contribution >= 4 is 33.2 Å². The Bertz CT molecular complexity index is 536. The summed E-state index contributed by atoms with van der Waals surface area (Å²) in [5.41, 5.74) is 2.87. The Kier molecular flexibility index (Phi) is 3.97. The molecule has 0 atom stereocenters. The van der Waals surface area contributed by atoms with Gasteiger partial charge in [-0.1, -0.05) is 34.1 Å². The van der Waals surface area contributed by atoms with E-state index in [1.54, 1.807) is 11.3 Å². The summed E-state index contributed by atoms with van der Waals surface area (Å²) < 4.78 is 1.02. The summed E-state index contributed by atoms with van der Waals surface area (Å²) in [6, 6.07) is 7.88. The third-order valence-electron chi connectivity index (χ3n) is 2.50. The fourth-order valence-corrected chi connectivity index (χ4v) is 2.76. The zero-order valence-corrected chi connectivity index (χ0v) is 11.8. The van der Waals surface area contributed by atoms with Gasteiger partial charge in [0, 0.05) is 16.4 Å². The molecule has 0 radical (unpaired) electrons. The number of aryl methyl sites for hydroxylation is 1. The maximum Gasteiger partial charge on any atom is 0.252 e. The number of carbonyl (C=O) groups excluding carboxylic acids is 1. The van der Waals surface area contributed by atoms with Crippen molar-refractivity contribution in [3.05, 3.63) is 56.2 Å². The van der Waals surface area contributed by atoms with Crippen LogP contribution in [0, 0.1) is 6.92 Å². The molecule has 0 unspecified atom stereocenters. The summed E-state index contributed by atoms with van der Waals surface area (Å²) in [6.07, 6.45) is 0. The number of hydrogen-bond acceptors (Lipinski definition) is 2. The molecule has 17 heavy (non-hydrogen) atoms. The molecule has 88 valence electrons. The van der Waals surface area contributed by atoms with Crippen LogP contribution >= 0.6 is 27.3 Å². The second kappa shape index (κ2) is 5.47. The molecule has 1 aromatic heterocycles. The number of halogens is 1. The third-order valence-corrected chi connectivity index (χ3v) is 4.13. The quantitative estimate of drug-likeness (QED) is 0.919. The molecule has 0 saturated carbocycles. The second-order valence-electron chi connectivity index (χ2n) is 3.74. The van der Waals surface area contributed by atoms with E-state index < -0.39 is 0 Å². The number of hydrogen-bond donors (Lipinski definition) is 1. The SMILES string of the molecule is Cc1cscc1C(=O)NCc1ccccc1Br. The van der Waals surface area contributed by atoms with Crippen LogP contribution in [0.5, 0.6) is 0 Å². The number of amides is 1. The number of rotatable bonds is 3. The molecule has 0 aliphatic rings. The number of thiophene rings is 1. The van der Waals surface area contributed by atoms with Gasteiger partial charge >= 0.3 is 0 Å². The van der Waals surface area contributed by atoms with E-state index in [9.17, 15) is 4.79 Å². The average Bonchev–Trinajstić information content (AvgIpc) is 2.74. The molecular weight excluding hydrogens is 298 g/mol. The van der Waals surface area contributed by atoms with Crippen molar-refractivity contribution in [1.29, 1.82) is 0 Å². The van der Waals surface area contributed by atoms with Gasteiger partial charge in [0.25, 0.3) is 5.91 Å². The van der Waals surface area contributed by atoms with Crippen LogP contribution in [0.15, 0.2) is 39.5 Å². The first kappa shape index (κ1) is 12.3. The summed E-state index contributed by atoms with van der Waals surface area (Å²) >= 11 is 5.01. The highest BCUT2D eigenvalue weighted by molar-refractivity contribution is 9.10. The van der Waals surface area contributed by atoms with E-state index in [0.29, 0.717) is 6.54 Å². The van der Waals surface area contributed by atoms with E-state index in [1.165, 1.54) is 0 Å². The highest BCUT2D eigenvalue weighted by Gasteiger charge is 2.09. The van der Waals surface area contributed by atoms with Crippen LogP contribution in [-0.4, -0.2) is 5.91 Å². The summed E-state index contributed by atoms with van der Waals surface area (Å²) in [4.78, 5) is 11.9. The topological polar surface area (TPSA) is 29.1 Å². The predicted molar refractivity (Wildman–Crippen MR) is 74.4 cm³/mol. The monoisotopic (exact) mass is 309 g/mol. The van der Waals surface area contributed by atoms with Gasteiger partial charge in [0.2, 0.25) is 0 Å². The van der Waals surface area contributed by atoms with Crippen molar-refractivity contribution in [3.8, 4) is 0 Å². The van der Waals surface area contributed by atoms with Gasteiger partial charge in [0.15, 0.2) is 0 Å². The van der Waals surface area contributed by atoms with Crippen LogP contribution in [0.1, 0.15) is 21.5 Å². The molecule has 0 spiro atoms. The highest BCUT2D eigenvalue weighted by atomic mass is 79.9. The lowest BCUT2D eigenvalue weighted by Crippen LogP contribution is -2.23. The first-order valence-corrected chi connectivity index (χ1v) is 6.96. The second-order valence-corrected chi connectivity index (χ2v) is 5.34. The van der Waals surface area contributed by atoms with Crippen LogP contribution in [-0.2, 0) is 6.54 Å². The van der Waals surface area contributed by atoms with Crippen LogP contribution in [0.25, 0.3) is 0 Å². The van der Waals surface area contributed by atoms with Crippen molar-refractivity contribution in [2.45, 2.75) is 13.5 Å². The molecule has 0 saturated heterocycles. The summed E-state index contributed by atoms with van der Waals surface area (Å²) in [7, 11) is 0. The molecule has 0 fully saturated rings. The Balaban J connectivity index is 2.02. The molecule has 4 heteroatoms. The van der Waals surface area contributed by atoms with Crippen LogP contribution in [0.4, 0.5) is 0 Å². The minimum Gasteiger partial charge on any atom is -0.348 e. The first-order valence-electron chi connectivity index (χ1n) is 5.23. The lowest BCUT2D eigenvalue weighted by atomic mass is 10.2. The van der Waals surface area contributed by atoms with Gasteiger partial charge in [-0.2, -0.15) is 11.3 Å². The minimum atomic E-state index is -0.0143. The van der Waals surface area contributed by atoms with E-state index in [2.05, 4.69) is 21.2 Å². The zero-order chi connectivity index (χ0) is 12.3. The van der Waals surface area contributed by atoms with E-state index >= 15 is 0 Å². The van der Waals surface area contributed by atoms with Gasteiger partial charge in [-0.05, 0) is 29.5 Å². The maximum absolute atomic E-state index is 11.9. The lowest BCUT2D eigenvalue weighted by Gasteiger charge is -2.06. The molecule has 1 amide bonds. The van der Waals surface area contributed by atoms with E-state index in [4.69, 9.17) is 0 Å². The molecule has 1 N–H and O–H groups in total. The highest BCUT2D eigenvalue weighted by Crippen LogP contribution is 2.17. The number of benzene rings is 1. The Morgan fingerprint density at radius 3 is 2.76 bits per heavy atom. The minimum absolute atomic E-state index is 0.0143. The van der Waals surface area contributed by atoms with Crippen LogP contribution < -0.4 is 5.32 Å². The Morgan fingerprint density at radius 2 is 2.12 bits per heavy atom. The van der Waals surface area contributed by atoms with Gasteiger partial charge in [0.05, 0.1) is 5.56 Å². The number of nitrogens with one attached hydrogen (secondary N) is 1. The summed E-state index contributed by atoms with van der Waals surface area (Å²) in [5, 5.41) is 6.78. The molecular formula is C13H12BrNOS. The molecule has 2 aromatic rings. The van der Waals surface area contributed by atoms with Gasteiger partial charge in [0.1, 0.15) is 0 Å². The lowest BCUT2D eigenvalue weighted by molar-refractivity contribution is 0.0950. The van der Waals surface area contributed by atoms with Crippen molar-refractivity contribution < 1.29 is 4.79 Å². The summed E-state index contributed by atoms with van der Waals surface area (Å²) in [6.45, 7) is 2.49. The molecule has 2 nitrogen and oxygen atoms in total. The van der Waals surface area contributed by atoms with Crippen molar-refractivity contribution in [2.24, 2.45) is 0 Å². The smallest absolute Gasteiger partial charge is 0.252 e. The molecule has 1 heterocycles. The molecule has 0 bridgehead atoms. The van der Waals surface area contributed by atoms with Gasteiger partial charge < -0.3 is 5.32 Å². The Morgan fingerprint density at radius 1 is 1.35 bits per heavy atom. The summed E-state index contributed by atoms with van der Waals surface area (Å²) in [5.74, 6) is -0.0143. The van der Waals surface area contributed by atoms with Gasteiger partial charge in [-0.3, -0.25) is 4.79 Å². The van der Waals surface area contributed by atoms with Crippen molar-refractivity contribution in [2.75, 3.05) is 0 Å². The van der Waals surface area contributed by atoms with E-state index in [1.807, 2.05) is 41.9 Å². The fourth-order valence-electron chi connectivity index (χ4n) is 1.51. The van der Waals surface area contributed by atoms with Crippen molar-refractivity contribution in [1.82, 2.24) is 5.32 Å². The van der Waals surface area contributed by atoms with Crippen LogP contribution in [0.3, 0.4) is 0 Å². The molecule has 0 aliphatic carbocycles. The third kappa shape index (κ3) is 2.96. The Hall–Kier alpha value is -1.13. The maximum atomic E-state index is 11.9. The van der Waals surface area contributed by atoms with Gasteiger partial charge in [-0.15, -0.1) is 0 Å². The largest absolute Gasteiger partial charge is 0.348 e. The fraction of sp³-hybridized carbons (Fsp3) is 0.154. The normalized spacial score (nSPS) is 10.2. The van der Waals surface area contributed by atoms with E-state index in [0.717, 1.165) is 21.2 Å².